The Bertz CT molecular complexity index is 695. The molecule has 0 atom stereocenters. The van der Waals surface area contributed by atoms with E-state index in [-0.39, 0.29) is 24.9 Å². The van der Waals surface area contributed by atoms with Crippen LogP contribution in [0.2, 0.25) is 0 Å². The second kappa shape index (κ2) is 7.04. The average molecular weight is 316 g/mol. The maximum Gasteiger partial charge on any atom is 0.305 e. The number of benzene rings is 1. The SMILES string of the molecule is Cc1cc(-n2cncn2)ccc1C(=O)N(CCC(=O)O)C(C)C. The average Bonchev–Trinajstić information content (AvgIpc) is 3.00. The van der Waals surface area contributed by atoms with Crippen molar-refractivity contribution in [2.75, 3.05) is 6.54 Å². The molecule has 0 spiro atoms. The predicted molar refractivity (Wildman–Crippen MR) is 84.5 cm³/mol. The summed E-state index contributed by atoms with van der Waals surface area (Å²) in [5, 5.41) is 12.9. The minimum atomic E-state index is -0.915. The van der Waals surface area contributed by atoms with E-state index < -0.39 is 5.97 Å². The number of carboxylic acid groups (broad SMARTS) is 1. The van der Waals surface area contributed by atoms with E-state index in [4.69, 9.17) is 5.11 Å². The molecule has 1 N–H and O–H groups in total. The van der Waals surface area contributed by atoms with E-state index in [9.17, 15) is 9.59 Å². The van der Waals surface area contributed by atoms with Crippen LogP contribution < -0.4 is 0 Å². The zero-order chi connectivity index (χ0) is 17.0. The van der Waals surface area contributed by atoms with Gasteiger partial charge in [0.25, 0.3) is 5.91 Å². The van der Waals surface area contributed by atoms with E-state index in [2.05, 4.69) is 10.1 Å². The number of aliphatic carboxylic acids is 1. The normalized spacial score (nSPS) is 10.8. The van der Waals surface area contributed by atoms with Gasteiger partial charge in [0.1, 0.15) is 12.7 Å². The number of nitrogens with zero attached hydrogens (tertiary/aromatic N) is 4. The number of rotatable bonds is 6. The predicted octanol–water partition coefficient (Wildman–Crippen LogP) is 1.90. The van der Waals surface area contributed by atoms with Crippen molar-refractivity contribution < 1.29 is 14.7 Å². The number of aromatic nitrogens is 3. The molecule has 1 aromatic carbocycles. The van der Waals surface area contributed by atoms with E-state index >= 15 is 0 Å². The van der Waals surface area contributed by atoms with Crippen molar-refractivity contribution in [3.63, 3.8) is 0 Å². The minimum absolute atomic E-state index is 0.0694. The first kappa shape index (κ1) is 16.7. The molecule has 1 heterocycles. The highest BCUT2D eigenvalue weighted by atomic mass is 16.4. The zero-order valence-electron chi connectivity index (χ0n) is 13.4. The Balaban J connectivity index is 2.25. The number of hydrogen-bond acceptors (Lipinski definition) is 4. The van der Waals surface area contributed by atoms with E-state index in [1.807, 2.05) is 26.8 Å². The molecule has 0 fully saturated rings. The van der Waals surface area contributed by atoms with Crippen LogP contribution in [-0.4, -0.2) is 49.2 Å². The van der Waals surface area contributed by atoms with Gasteiger partial charge in [-0.3, -0.25) is 9.59 Å². The van der Waals surface area contributed by atoms with Gasteiger partial charge >= 0.3 is 5.97 Å². The van der Waals surface area contributed by atoms with Gasteiger partial charge in [0.15, 0.2) is 0 Å². The standard InChI is InChI=1S/C16H20N4O3/c1-11(2)19(7-6-15(21)22)16(23)14-5-4-13(8-12(14)3)20-10-17-9-18-20/h4-5,8-11H,6-7H2,1-3H3,(H,21,22). The Morgan fingerprint density at radius 3 is 2.61 bits per heavy atom. The third-order valence-corrected chi connectivity index (χ3v) is 3.57. The van der Waals surface area contributed by atoms with Crippen molar-refractivity contribution in [2.45, 2.75) is 33.2 Å². The summed E-state index contributed by atoms with van der Waals surface area (Å²) in [6.45, 7) is 5.79. The van der Waals surface area contributed by atoms with Crippen LogP contribution in [0, 0.1) is 6.92 Å². The second-order valence-corrected chi connectivity index (χ2v) is 5.58. The van der Waals surface area contributed by atoms with Crippen LogP contribution >= 0.6 is 0 Å². The molecule has 0 aliphatic carbocycles. The fourth-order valence-corrected chi connectivity index (χ4v) is 2.34. The Morgan fingerprint density at radius 1 is 1.35 bits per heavy atom. The maximum absolute atomic E-state index is 12.7. The third-order valence-electron chi connectivity index (χ3n) is 3.57. The summed E-state index contributed by atoms with van der Waals surface area (Å²) in [6.07, 6.45) is 2.96. The fraction of sp³-hybridized carbons (Fsp3) is 0.375. The molecule has 23 heavy (non-hydrogen) atoms. The Hall–Kier alpha value is -2.70. The molecule has 0 saturated heterocycles. The number of carbonyl (C=O) groups excluding carboxylic acids is 1. The Morgan fingerprint density at radius 2 is 2.09 bits per heavy atom. The molecular formula is C16H20N4O3. The molecular weight excluding hydrogens is 296 g/mol. The number of hydrogen-bond donors (Lipinski definition) is 1. The first-order chi connectivity index (χ1) is 10.9. The van der Waals surface area contributed by atoms with E-state index in [0.717, 1.165) is 11.3 Å². The summed E-state index contributed by atoms with van der Waals surface area (Å²) in [4.78, 5) is 29.0. The van der Waals surface area contributed by atoms with E-state index in [1.165, 1.54) is 6.33 Å². The molecule has 1 aromatic heterocycles. The lowest BCUT2D eigenvalue weighted by Crippen LogP contribution is -2.38. The molecule has 0 aliphatic rings. The number of carbonyl (C=O) groups is 2. The topological polar surface area (TPSA) is 88.3 Å². The Kier molecular flexibility index (Phi) is 5.10. The van der Waals surface area contributed by atoms with Crippen molar-refractivity contribution in [3.8, 4) is 5.69 Å². The number of aryl methyl sites for hydroxylation is 1. The lowest BCUT2D eigenvalue weighted by Gasteiger charge is -2.27. The maximum atomic E-state index is 12.7. The summed E-state index contributed by atoms with van der Waals surface area (Å²) in [6, 6.07) is 5.32. The molecule has 0 bridgehead atoms. The van der Waals surface area contributed by atoms with Gasteiger partial charge < -0.3 is 10.0 Å². The van der Waals surface area contributed by atoms with Gasteiger partial charge in [0, 0.05) is 18.2 Å². The summed E-state index contributed by atoms with van der Waals surface area (Å²) < 4.78 is 1.62. The van der Waals surface area contributed by atoms with Crippen molar-refractivity contribution in [3.05, 3.63) is 42.0 Å². The van der Waals surface area contributed by atoms with Crippen LogP contribution in [0.25, 0.3) is 5.69 Å². The number of carboxylic acids is 1. The van der Waals surface area contributed by atoms with Gasteiger partial charge in [-0.2, -0.15) is 5.10 Å². The summed E-state index contributed by atoms with van der Waals surface area (Å²) in [5.41, 5.74) is 2.19. The first-order valence-electron chi connectivity index (χ1n) is 7.38. The van der Waals surface area contributed by atoms with Gasteiger partial charge in [-0.1, -0.05) is 0 Å². The fourth-order valence-electron chi connectivity index (χ4n) is 2.34. The molecule has 0 saturated carbocycles. The van der Waals surface area contributed by atoms with Gasteiger partial charge in [-0.05, 0) is 44.5 Å². The van der Waals surface area contributed by atoms with Crippen molar-refractivity contribution in [1.82, 2.24) is 19.7 Å². The zero-order valence-corrected chi connectivity index (χ0v) is 13.4. The number of amides is 1. The van der Waals surface area contributed by atoms with Crippen molar-refractivity contribution >= 4 is 11.9 Å². The molecule has 122 valence electrons. The highest BCUT2D eigenvalue weighted by molar-refractivity contribution is 5.96. The molecule has 2 aromatic rings. The van der Waals surface area contributed by atoms with Crippen LogP contribution in [0.5, 0.6) is 0 Å². The lowest BCUT2D eigenvalue weighted by molar-refractivity contribution is -0.137. The van der Waals surface area contributed by atoms with Crippen LogP contribution in [0.15, 0.2) is 30.9 Å². The largest absolute Gasteiger partial charge is 0.481 e. The van der Waals surface area contributed by atoms with Crippen LogP contribution in [0.3, 0.4) is 0 Å². The van der Waals surface area contributed by atoms with Crippen molar-refractivity contribution in [1.29, 1.82) is 0 Å². The molecule has 0 aliphatic heterocycles. The van der Waals surface area contributed by atoms with Crippen LogP contribution in [0.1, 0.15) is 36.2 Å². The summed E-state index contributed by atoms with van der Waals surface area (Å²) >= 11 is 0. The van der Waals surface area contributed by atoms with Crippen molar-refractivity contribution in [2.24, 2.45) is 0 Å². The highest BCUT2D eigenvalue weighted by Crippen LogP contribution is 2.17. The molecule has 0 radical (unpaired) electrons. The smallest absolute Gasteiger partial charge is 0.305 e. The monoisotopic (exact) mass is 316 g/mol. The molecule has 1 amide bonds. The molecule has 2 rings (SSSR count). The molecule has 0 unspecified atom stereocenters. The third kappa shape index (κ3) is 3.94. The van der Waals surface area contributed by atoms with Crippen LogP contribution in [0.4, 0.5) is 0 Å². The summed E-state index contributed by atoms with van der Waals surface area (Å²) in [5.74, 6) is -1.08. The quantitative estimate of drug-likeness (QED) is 0.879. The van der Waals surface area contributed by atoms with Gasteiger partial charge in [0.05, 0.1) is 12.1 Å². The lowest BCUT2D eigenvalue weighted by atomic mass is 10.1. The van der Waals surface area contributed by atoms with Gasteiger partial charge in [0.2, 0.25) is 0 Å². The Labute approximate surface area is 134 Å². The van der Waals surface area contributed by atoms with Gasteiger partial charge in [-0.15, -0.1) is 0 Å². The van der Waals surface area contributed by atoms with E-state index in [1.54, 1.807) is 28.0 Å². The van der Waals surface area contributed by atoms with E-state index in [0.29, 0.717) is 5.56 Å². The van der Waals surface area contributed by atoms with Crippen LogP contribution in [-0.2, 0) is 4.79 Å². The highest BCUT2D eigenvalue weighted by Gasteiger charge is 2.21. The second-order valence-electron chi connectivity index (χ2n) is 5.58. The summed E-state index contributed by atoms with van der Waals surface area (Å²) in [7, 11) is 0. The minimum Gasteiger partial charge on any atom is -0.481 e. The first-order valence-corrected chi connectivity index (χ1v) is 7.38. The van der Waals surface area contributed by atoms with Gasteiger partial charge in [-0.25, -0.2) is 9.67 Å². The molecule has 7 heteroatoms. The molecule has 7 nitrogen and oxygen atoms in total.